The molecule has 0 aliphatic carbocycles. The molecule has 3 nitrogen and oxygen atoms in total. The summed E-state index contributed by atoms with van der Waals surface area (Å²) in [6, 6.07) is 16.6. The third-order valence-electron chi connectivity index (χ3n) is 4.67. The van der Waals surface area contributed by atoms with Crippen LogP contribution in [0.25, 0.3) is 0 Å². The maximum Gasteiger partial charge on any atom is 0.257 e. The minimum absolute atomic E-state index is 0.0466. The van der Waals surface area contributed by atoms with Gasteiger partial charge in [0.05, 0.1) is 0 Å². The normalized spacial score (nSPS) is 10.9. The first-order chi connectivity index (χ1) is 12.5. The molecular formula is C22H24N2OS. The lowest BCUT2D eigenvalue weighted by Gasteiger charge is -2.13. The number of rotatable bonds is 5. The van der Waals surface area contributed by atoms with Gasteiger partial charge in [-0.3, -0.25) is 9.36 Å². The van der Waals surface area contributed by atoms with Gasteiger partial charge in [0.2, 0.25) is 0 Å². The van der Waals surface area contributed by atoms with Crippen molar-refractivity contribution in [3.63, 3.8) is 0 Å². The number of aryl methyl sites for hydroxylation is 3. The van der Waals surface area contributed by atoms with Crippen LogP contribution in [-0.4, -0.2) is 9.55 Å². The summed E-state index contributed by atoms with van der Waals surface area (Å²) in [4.78, 5) is 17.6. The lowest BCUT2D eigenvalue weighted by atomic mass is 10.0. The highest BCUT2D eigenvalue weighted by Crippen LogP contribution is 2.22. The molecule has 0 amide bonds. The number of thioether (sulfide) groups is 1. The summed E-state index contributed by atoms with van der Waals surface area (Å²) >= 11 is 1.61. The zero-order valence-corrected chi connectivity index (χ0v) is 16.6. The van der Waals surface area contributed by atoms with Gasteiger partial charge in [-0.2, -0.15) is 0 Å². The van der Waals surface area contributed by atoms with Crippen LogP contribution in [0.4, 0.5) is 0 Å². The van der Waals surface area contributed by atoms with Crippen LogP contribution in [0.5, 0.6) is 0 Å². The topological polar surface area (TPSA) is 34.9 Å². The van der Waals surface area contributed by atoms with E-state index in [-0.39, 0.29) is 5.56 Å². The Labute approximate surface area is 159 Å². The number of hydrogen-bond donors (Lipinski definition) is 0. The summed E-state index contributed by atoms with van der Waals surface area (Å²) in [6.45, 7) is 6.11. The maximum absolute atomic E-state index is 12.9. The van der Waals surface area contributed by atoms with Crippen LogP contribution in [0, 0.1) is 20.8 Å². The summed E-state index contributed by atoms with van der Waals surface area (Å²) < 4.78 is 1.68. The minimum atomic E-state index is 0.0466. The van der Waals surface area contributed by atoms with Gasteiger partial charge in [0, 0.05) is 30.5 Å². The Morgan fingerprint density at radius 3 is 2.38 bits per heavy atom. The summed E-state index contributed by atoms with van der Waals surface area (Å²) in [5, 5.41) is 0.767. The molecule has 0 unspecified atom stereocenters. The average Bonchev–Trinajstić information content (AvgIpc) is 2.63. The largest absolute Gasteiger partial charge is 0.291 e. The second kappa shape index (κ2) is 7.92. The molecule has 3 rings (SSSR count). The molecule has 1 aromatic heterocycles. The first kappa shape index (κ1) is 18.5. The molecule has 134 valence electrons. The molecule has 3 aromatic rings. The van der Waals surface area contributed by atoms with Gasteiger partial charge >= 0.3 is 0 Å². The second-order valence-electron chi connectivity index (χ2n) is 6.70. The van der Waals surface area contributed by atoms with E-state index < -0.39 is 0 Å². The van der Waals surface area contributed by atoms with E-state index >= 15 is 0 Å². The molecule has 0 bridgehead atoms. The number of aromatic nitrogens is 2. The second-order valence-corrected chi connectivity index (χ2v) is 7.64. The molecule has 0 aliphatic heterocycles. The van der Waals surface area contributed by atoms with Crippen LogP contribution < -0.4 is 5.56 Å². The van der Waals surface area contributed by atoms with Crippen LogP contribution in [0.2, 0.25) is 0 Å². The van der Waals surface area contributed by atoms with Crippen molar-refractivity contribution in [3.8, 4) is 0 Å². The Morgan fingerprint density at radius 2 is 1.69 bits per heavy atom. The Morgan fingerprint density at radius 1 is 1.00 bits per heavy atom. The summed E-state index contributed by atoms with van der Waals surface area (Å²) in [5.74, 6) is 0.809. The number of benzene rings is 2. The quantitative estimate of drug-likeness (QED) is 0.491. The van der Waals surface area contributed by atoms with E-state index in [1.165, 1.54) is 16.7 Å². The summed E-state index contributed by atoms with van der Waals surface area (Å²) in [7, 11) is 1.81. The van der Waals surface area contributed by atoms with E-state index in [1.54, 1.807) is 16.3 Å². The van der Waals surface area contributed by atoms with Gasteiger partial charge in [-0.15, -0.1) is 0 Å². The summed E-state index contributed by atoms with van der Waals surface area (Å²) in [5.41, 5.74) is 6.53. The fourth-order valence-electron chi connectivity index (χ4n) is 2.89. The molecule has 2 aromatic carbocycles. The van der Waals surface area contributed by atoms with Crippen molar-refractivity contribution in [2.24, 2.45) is 7.05 Å². The lowest BCUT2D eigenvalue weighted by Crippen LogP contribution is -2.25. The number of hydrogen-bond acceptors (Lipinski definition) is 3. The molecule has 4 heteroatoms. The molecule has 0 aliphatic rings. The van der Waals surface area contributed by atoms with Crippen LogP contribution in [-0.2, 0) is 19.2 Å². The van der Waals surface area contributed by atoms with Crippen LogP contribution in [0.1, 0.15) is 33.5 Å². The molecule has 0 N–H and O–H groups in total. The highest BCUT2D eigenvalue weighted by atomic mass is 32.2. The van der Waals surface area contributed by atoms with Crippen molar-refractivity contribution in [2.45, 2.75) is 38.1 Å². The van der Waals surface area contributed by atoms with E-state index in [0.717, 1.165) is 27.7 Å². The molecule has 1 heterocycles. The van der Waals surface area contributed by atoms with E-state index in [4.69, 9.17) is 4.98 Å². The minimum Gasteiger partial charge on any atom is -0.291 e. The smallest absolute Gasteiger partial charge is 0.257 e. The molecule has 0 radical (unpaired) electrons. The lowest BCUT2D eigenvalue weighted by molar-refractivity contribution is 0.683. The third kappa shape index (κ3) is 4.07. The van der Waals surface area contributed by atoms with Crippen molar-refractivity contribution in [1.29, 1.82) is 0 Å². The van der Waals surface area contributed by atoms with E-state index in [2.05, 4.69) is 50.2 Å². The SMILES string of the molecule is Cc1ccc(Cc2c(C)nc(SCc3ccccc3C)n(C)c2=O)cc1. The van der Waals surface area contributed by atoms with Gasteiger partial charge < -0.3 is 0 Å². The Hall–Kier alpha value is -2.33. The number of nitrogens with zero attached hydrogens (tertiary/aromatic N) is 2. The molecule has 0 fully saturated rings. The van der Waals surface area contributed by atoms with Crippen molar-refractivity contribution in [2.75, 3.05) is 0 Å². The van der Waals surface area contributed by atoms with Gasteiger partial charge in [0.25, 0.3) is 5.56 Å². The van der Waals surface area contributed by atoms with Crippen LogP contribution in [0.3, 0.4) is 0 Å². The fraction of sp³-hybridized carbons (Fsp3) is 0.273. The van der Waals surface area contributed by atoms with E-state index in [0.29, 0.717) is 6.42 Å². The molecular weight excluding hydrogens is 340 g/mol. The van der Waals surface area contributed by atoms with Crippen molar-refractivity contribution < 1.29 is 0 Å². The summed E-state index contributed by atoms with van der Waals surface area (Å²) in [6.07, 6.45) is 0.620. The van der Waals surface area contributed by atoms with E-state index in [9.17, 15) is 4.79 Å². The van der Waals surface area contributed by atoms with E-state index in [1.807, 2.05) is 26.1 Å². The zero-order chi connectivity index (χ0) is 18.7. The van der Waals surface area contributed by atoms with Crippen molar-refractivity contribution >= 4 is 11.8 Å². The Bertz CT molecular complexity index is 974. The highest BCUT2D eigenvalue weighted by molar-refractivity contribution is 7.98. The van der Waals surface area contributed by atoms with Crippen LogP contribution in [0.15, 0.2) is 58.5 Å². The first-order valence-corrected chi connectivity index (χ1v) is 9.73. The van der Waals surface area contributed by atoms with Crippen molar-refractivity contribution in [1.82, 2.24) is 9.55 Å². The Balaban J connectivity index is 1.84. The monoisotopic (exact) mass is 364 g/mol. The van der Waals surface area contributed by atoms with Gasteiger partial charge in [-0.25, -0.2) is 4.98 Å². The maximum atomic E-state index is 12.9. The highest BCUT2D eigenvalue weighted by Gasteiger charge is 2.13. The fourth-order valence-corrected chi connectivity index (χ4v) is 3.97. The standard InChI is InChI=1S/C22H24N2OS/c1-15-9-11-18(12-10-15)13-20-17(3)23-22(24(4)21(20)25)26-14-19-8-6-5-7-16(19)2/h5-12H,13-14H2,1-4H3. The Kier molecular flexibility index (Phi) is 5.62. The van der Waals surface area contributed by atoms with Crippen molar-refractivity contribution in [3.05, 3.63) is 92.4 Å². The van der Waals surface area contributed by atoms with Crippen LogP contribution >= 0.6 is 11.8 Å². The third-order valence-corrected chi connectivity index (χ3v) is 5.75. The molecule has 0 saturated heterocycles. The average molecular weight is 365 g/mol. The first-order valence-electron chi connectivity index (χ1n) is 8.75. The molecule has 0 saturated carbocycles. The van der Waals surface area contributed by atoms with Gasteiger partial charge in [-0.05, 0) is 37.5 Å². The van der Waals surface area contributed by atoms with Gasteiger partial charge in [0.15, 0.2) is 5.16 Å². The predicted octanol–water partition coefficient (Wildman–Crippen LogP) is 4.59. The van der Waals surface area contributed by atoms with Gasteiger partial charge in [0.1, 0.15) is 0 Å². The molecule has 0 spiro atoms. The predicted molar refractivity (Wildman–Crippen MR) is 109 cm³/mol. The van der Waals surface area contributed by atoms with Gasteiger partial charge in [-0.1, -0.05) is 65.9 Å². The zero-order valence-electron chi connectivity index (χ0n) is 15.7. The molecule has 0 atom stereocenters. The molecule has 26 heavy (non-hydrogen) atoms.